The fourth-order valence-corrected chi connectivity index (χ4v) is 2.80. The number of rotatable bonds is 3. The van der Waals surface area contributed by atoms with Gasteiger partial charge in [0, 0.05) is 5.02 Å². The molecule has 0 radical (unpaired) electrons. The van der Waals surface area contributed by atoms with E-state index in [4.69, 9.17) is 11.6 Å². The van der Waals surface area contributed by atoms with Crippen molar-refractivity contribution in [3.63, 3.8) is 0 Å². The molecule has 0 bridgehead atoms. The SMILES string of the molecule is CC(CS)Cc1cc2c(cc1Cl)CCCC2. The van der Waals surface area contributed by atoms with Gasteiger partial charge in [-0.1, -0.05) is 24.6 Å². The topological polar surface area (TPSA) is 0 Å². The average molecular weight is 255 g/mol. The Morgan fingerprint density at radius 3 is 2.50 bits per heavy atom. The van der Waals surface area contributed by atoms with Crippen molar-refractivity contribution < 1.29 is 0 Å². The van der Waals surface area contributed by atoms with Gasteiger partial charge in [0.15, 0.2) is 0 Å². The summed E-state index contributed by atoms with van der Waals surface area (Å²) in [4.78, 5) is 0. The molecule has 1 atom stereocenters. The van der Waals surface area contributed by atoms with Crippen molar-refractivity contribution in [2.45, 2.75) is 39.0 Å². The van der Waals surface area contributed by atoms with Gasteiger partial charge in [-0.25, -0.2) is 0 Å². The predicted octanol–water partition coefficient (Wildman–Crippen LogP) is 4.33. The summed E-state index contributed by atoms with van der Waals surface area (Å²) in [5, 5.41) is 0.953. The third-order valence-corrected chi connectivity index (χ3v) is 4.37. The number of benzene rings is 1. The van der Waals surface area contributed by atoms with Crippen molar-refractivity contribution in [1.82, 2.24) is 0 Å². The molecule has 1 unspecified atom stereocenters. The fourth-order valence-electron chi connectivity index (χ4n) is 2.40. The Kier molecular flexibility index (Phi) is 4.21. The maximum absolute atomic E-state index is 6.34. The van der Waals surface area contributed by atoms with E-state index in [0.29, 0.717) is 5.92 Å². The molecular weight excluding hydrogens is 236 g/mol. The normalized spacial score (nSPS) is 16.9. The maximum Gasteiger partial charge on any atom is 0.0441 e. The van der Waals surface area contributed by atoms with Gasteiger partial charge >= 0.3 is 0 Å². The van der Waals surface area contributed by atoms with E-state index in [1.165, 1.54) is 42.4 Å². The minimum Gasteiger partial charge on any atom is -0.179 e. The van der Waals surface area contributed by atoms with Gasteiger partial charge in [0.2, 0.25) is 0 Å². The molecule has 0 heterocycles. The molecule has 1 aliphatic rings. The summed E-state index contributed by atoms with van der Waals surface area (Å²) < 4.78 is 0. The molecule has 1 aliphatic carbocycles. The van der Waals surface area contributed by atoms with E-state index in [2.05, 4.69) is 31.7 Å². The molecule has 0 amide bonds. The first-order valence-electron chi connectivity index (χ1n) is 6.11. The van der Waals surface area contributed by atoms with Crippen molar-refractivity contribution in [2.75, 3.05) is 5.75 Å². The molecule has 0 spiro atoms. The molecule has 0 nitrogen and oxygen atoms in total. The first-order valence-corrected chi connectivity index (χ1v) is 7.12. The Morgan fingerprint density at radius 2 is 1.88 bits per heavy atom. The smallest absolute Gasteiger partial charge is 0.0441 e. The lowest BCUT2D eigenvalue weighted by Crippen LogP contribution is -2.07. The summed E-state index contributed by atoms with van der Waals surface area (Å²) in [6.07, 6.45) is 6.13. The highest BCUT2D eigenvalue weighted by atomic mass is 35.5. The molecular formula is C14H19ClS. The second-order valence-electron chi connectivity index (χ2n) is 4.91. The van der Waals surface area contributed by atoms with Gasteiger partial charge in [0.05, 0.1) is 0 Å². The quantitative estimate of drug-likeness (QED) is 0.763. The van der Waals surface area contributed by atoms with Gasteiger partial charge in [-0.05, 0) is 66.5 Å². The Balaban J connectivity index is 2.25. The van der Waals surface area contributed by atoms with E-state index < -0.39 is 0 Å². The number of hydrogen-bond acceptors (Lipinski definition) is 1. The van der Waals surface area contributed by atoms with Crippen LogP contribution in [-0.2, 0) is 19.3 Å². The molecule has 0 N–H and O–H groups in total. The zero-order valence-electron chi connectivity index (χ0n) is 9.80. The van der Waals surface area contributed by atoms with Crippen molar-refractivity contribution >= 4 is 24.2 Å². The van der Waals surface area contributed by atoms with Gasteiger partial charge < -0.3 is 0 Å². The van der Waals surface area contributed by atoms with Crippen LogP contribution in [0.4, 0.5) is 0 Å². The zero-order valence-corrected chi connectivity index (χ0v) is 11.5. The number of aryl methyl sites for hydroxylation is 2. The fraction of sp³-hybridized carbons (Fsp3) is 0.571. The number of hydrogen-bond donors (Lipinski definition) is 1. The lowest BCUT2D eigenvalue weighted by molar-refractivity contribution is 0.653. The summed E-state index contributed by atoms with van der Waals surface area (Å²) in [5.41, 5.74) is 4.31. The summed E-state index contributed by atoms with van der Waals surface area (Å²) in [6.45, 7) is 2.22. The van der Waals surface area contributed by atoms with E-state index in [1.807, 2.05) is 0 Å². The molecule has 16 heavy (non-hydrogen) atoms. The molecule has 88 valence electrons. The van der Waals surface area contributed by atoms with Gasteiger partial charge in [-0.3, -0.25) is 0 Å². The molecule has 0 aliphatic heterocycles. The second-order valence-corrected chi connectivity index (χ2v) is 5.68. The van der Waals surface area contributed by atoms with Crippen LogP contribution >= 0.6 is 24.2 Å². The van der Waals surface area contributed by atoms with Crippen LogP contribution in [0.5, 0.6) is 0 Å². The molecule has 2 heteroatoms. The average Bonchev–Trinajstić information content (AvgIpc) is 2.30. The summed E-state index contributed by atoms with van der Waals surface area (Å²) in [7, 11) is 0. The van der Waals surface area contributed by atoms with Crippen molar-refractivity contribution in [3.05, 3.63) is 33.8 Å². The zero-order chi connectivity index (χ0) is 11.5. The van der Waals surface area contributed by atoms with Crippen molar-refractivity contribution in [2.24, 2.45) is 5.92 Å². The van der Waals surface area contributed by atoms with Crippen LogP contribution in [0, 0.1) is 5.92 Å². The third-order valence-electron chi connectivity index (χ3n) is 3.39. The molecule has 0 fully saturated rings. The molecule has 1 aromatic rings. The van der Waals surface area contributed by atoms with Crippen LogP contribution in [0.15, 0.2) is 12.1 Å². The first-order chi connectivity index (χ1) is 7.70. The highest BCUT2D eigenvalue weighted by Crippen LogP contribution is 2.29. The van der Waals surface area contributed by atoms with Crippen LogP contribution in [0.2, 0.25) is 5.02 Å². The Bertz CT molecular complexity index is 373. The molecule has 0 aromatic heterocycles. The predicted molar refractivity (Wildman–Crippen MR) is 74.8 cm³/mol. The van der Waals surface area contributed by atoms with E-state index in [0.717, 1.165) is 17.2 Å². The lowest BCUT2D eigenvalue weighted by atomic mass is 9.89. The maximum atomic E-state index is 6.34. The van der Waals surface area contributed by atoms with E-state index in [-0.39, 0.29) is 0 Å². The van der Waals surface area contributed by atoms with Gasteiger partial charge in [0.1, 0.15) is 0 Å². The second kappa shape index (κ2) is 5.46. The molecule has 0 saturated heterocycles. The van der Waals surface area contributed by atoms with Crippen LogP contribution in [0.25, 0.3) is 0 Å². The minimum atomic E-state index is 0.600. The molecule has 2 rings (SSSR count). The lowest BCUT2D eigenvalue weighted by Gasteiger charge is -2.19. The van der Waals surface area contributed by atoms with E-state index in [1.54, 1.807) is 0 Å². The monoisotopic (exact) mass is 254 g/mol. The van der Waals surface area contributed by atoms with E-state index >= 15 is 0 Å². The molecule has 1 aromatic carbocycles. The van der Waals surface area contributed by atoms with E-state index in [9.17, 15) is 0 Å². The Hall–Kier alpha value is -0.140. The largest absolute Gasteiger partial charge is 0.179 e. The van der Waals surface area contributed by atoms with Gasteiger partial charge in [-0.15, -0.1) is 0 Å². The van der Waals surface area contributed by atoms with Crippen molar-refractivity contribution in [3.8, 4) is 0 Å². The van der Waals surface area contributed by atoms with Crippen molar-refractivity contribution in [1.29, 1.82) is 0 Å². The highest BCUT2D eigenvalue weighted by Gasteiger charge is 2.13. The number of halogens is 1. The Morgan fingerprint density at radius 1 is 1.25 bits per heavy atom. The first kappa shape index (κ1) is 12.3. The Labute approximate surface area is 109 Å². The third kappa shape index (κ3) is 2.75. The highest BCUT2D eigenvalue weighted by molar-refractivity contribution is 7.80. The number of fused-ring (bicyclic) bond motifs is 1. The van der Waals surface area contributed by atoms with Gasteiger partial charge in [0.25, 0.3) is 0 Å². The standard InChI is InChI=1S/C14H19ClS/c1-10(9-16)6-13-7-11-4-2-3-5-12(11)8-14(13)15/h7-8,10,16H,2-6,9H2,1H3. The minimum absolute atomic E-state index is 0.600. The number of thiol groups is 1. The van der Waals surface area contributed by atoms with Crippen LogP contribution < -0.4 is 0 Å². The van der Waals surface area contributed by atoms with Crippen LogP contribution in [-0.4, -0.2) is 5.75 Å². The summed E-state index contributed by atoms with van der Waals surface area (Å²) in [6, 6.07) is 4.52. The van der Waals surface area contributed by atoms with Crippen LogP contribution in [0.1, 0.15) is 36.5 Å². The van der Waals surface area contributed by atoms with Gasteiger partial charge in [-0.2, -0.15) is 12.6 Å². The summed E-state index contributed by atoms with van der Waals surface area (Å²) in [5.74, 6) is 1.52. The van der Waals surface area contributed by atoms with Crippen LogP contribution in [0.3, 0.4) is 0 Å². The summed E-state index contributed by atoms with van der Waals surface area (Å²) >= 11 is 10.7. The molecule has 0 saturated carbocycles.